The standard InChI is InChI=1S/C16H23NO3S/c1-16(2,3)17(18)12-13-8-10-15(11-9-13)21(19,20)14-6-4-5-7-14/h8-12,14H,4-7H2,1-3H3. The molecule has 0 unspecified atom stereocenters. The lowest BCUT2D eigenvalue weighted by Crippen LogP contribution is -2.29. The van der Waals surface area contributed by atoms with Crippen molar-refractivity contribution in [2.45, 2.75) is 62.1 Å². The van der Waals surface area contributed by atoms with Gasteiger partial charge in [-0.25, -0.2) is 13.2 Å². The molecule has 1 aliphatic rings. The summed E-state index contributed by atoms with van der Waals surface area (Å²) in [5, 5.41) is 11.6. The minimum absolute atomic E-state index is 0.238. The molecule has 1 fully saturated rings. The second kappa shape index (κ2) is 5.79. The quantitative estimate of drug-likeness (QED) is 0.373. The van der Waals surface area contributed by atoms with Crippen LogP contribution in [0, 0.1) is 5.21 Å². The van der Waals surface area contributed by atoms with Crippen molar-refractivity contribution in [3.63, 3.8) is 0 Å². The van der Waals surface area contributed by atoms with Crippen molar-refractivity contribution in [1.82, 2.24) is 0 Å². The highest BCUT2D eigenvalue weighted by Crippen LogP contribution is 2.29. The highest BCUT2D eigenvalue weighted by Gasteiger charge is 2.30. The molecule has 1 saturated carbocycles. The van der Waals surface area contributed by atoms with Crippen LogP contribution in [0.1, 0.15) is 52.0 Å². The van der Waals surface area contributed by atoms with Crippen LogP contribution >= 0.6 is 0 Å². The third kappa shape index (κ3) is 3.64. The van der Waals surface area contributed by atoms with E-state index in [1.165, 1.54) is 6.21 Å². The Kier molecular flexibility index (Phi) is 4.42. The summed E-state index contributed by atoms with van der Waals surface area (Å²) in [7, 11) is -3.22. The minimum atomic E-state index is -3.22. The van der Waals surface area contributed by atoms with Crippen LogP contribution in [-0.2, 0) is 9.84 Å². The zero-order valence-electron chi connectivity index (χ0n) is 12.9. The van der Waals surface area contributed by atoms with Gasteiger partial charge in [-0.3, -0.25) is 0 Å². The molecule has 2 rings (SSSR count). The van der Waals surface area contributed by atoms with E-state index in [-0.39, 0.29) is 5.25 Å². The SMILES string of the molecule is CC(C)(C)[N+]([O-])=Cc1ccc(S(=O)(=O)C2CCCC2)cc1. The van der Waals surface area contributed by atoms with Crippen LogP contribution in [-0.4, -0.2) is 30.2 Å². The molecule has 0 bridgehead atoms. The van der Waals surface area contributed by atoms with E-state index in [0.717, 1.165) is 30.4 Å². The van der Waals surface area contributed by atoms with E-state index >= 15 is 0 Å². The summed E-state index contributed by atoms with van der Waals surface area (Å²) < 4.78 is 25.8. The molecule has 1 aromatic rings. The molecule has 116 valence electrons. The van der Waals surface area contributed by atoms with Gasteiger partial charge in [0.05, 0.1) is 10.1 Å². The van der Waals surface area contributed by atoms with Gasteiger partial charge in [0.15, 0.2) is 21.6 Å². The van der Waals surface area contributed by atoms with Gasteiger partial charge in [0.2, 0.25) is 0 Å². The average molecular weight is 309 g/mol. The fourth-order valence-electron chi connectivity index (χ4n) is 2.46. The Labute approximate surface area is 127 Å². The molecule has 5 heteroatoms. The number of hydrogen-bond donors (Lipinski definition) is 0. The lowest BCUT2D eigenvalue weighted by Gasteiger charge is -2.18. The number of hydroxylamine groups is 1. The van der Waals surface area contributed by atoms with Crippen molar-refractivity contribution in [2.75, 3.05) is 0 Å². The molecule has 1 aromatic carbocycles. The molecule has 0 atom stereocenters. The van der Waals surface area contributed by atoms with Crippen LogP contribution in [0.2, 0.25) is 0 Å². The lowest BCUT2D eigenvalue weighted by molar-refractivity contribution is -0.530. The predicted molar refractivity (Wildman–Crippen MR) is 84.4 cm³/mol. The number of sulfone groups is 1. The van der Waals surface area contributed by atoms with Gasteiger partial charge in [-0.1, -0.05) is 12.8 Å². The summed E-state index contributed by atoms with van der Waals surface area (Å²) in [6, 6.07) is 6.60. The molecule has 0 N–H and O–H groups in total. The fourth-order valence-corrected chi connectivity index (χ4v) is 4.32. The normalized spacial score (nSPS) is 18.1. The summed E-state index contributed by atoms with van der Waals surface area (Å²) in [5.74, 6) is 0. The Bertz CT molecular complexity index is 618. The third-order valence-corrected chi connectivity index (χ3v) is 6.16. The second-order valence-corrected chi connectivity index (χ2v) is 8.87. The van der Waals surface area contributed by atoms with Crippen molar-refractivity contribution >= 4 is 16.1 Å². The number of hydrogen-bond acceptors (Lipinski definition) is 3. The van der Waals surface area contributed by atoms with E-state index < -0.39 is 15.4 Å². The van der Waals surface area contributed by atoms with E-state index in [4.69, 9.17) is 0 Å². The van der Waals surface area contributed by atoms with Gasteiger partial charge in [0.25, 0.3) is 0 Å². The van der Waals surface area contributed by atoms with Gasteiger partial charge in [0.1, 0.15) is 0 Å². The van der Waals surface area contributed by atoms with Crippen molar-refractivity contribution in [3.05, 3.63) is 35.0 Å². The highest BCUT2D eigenvalue weighted by molar-refractivity contribution is 7.92. The first-order valence-electron chi connectivity index (χ1n) is 7.36. The summed E-state index contributed by atoms with van der Waals surface area (Å²) >= 11 is 0. The van der Waals surface area contributed by atoms with E-state index in [9.17, 15) is 13.6 Å². The maximum atomic E-state index is 12.4. The fraction of sp³-hybridized carbons (Fsp3) is 0.562. The van der Waals surface area contributed by atoms with Gasteiger partial charge < -0.3 is 5.21 Å². The average Bonchev–Trinajstić information content (AvgIpc) is 2.92. The summed E-state index contributed by atoms with van der Waals surface area (Å²) in [6.07, 6.45) is 4.99. The predicted octanol–water partition coefficient (Wildman–Crippen LogP) is 3.13. The molecular formula is C16H23NO3S. The summed E-state index contributed by atoms with van der Waals surface area (Å²) in [6.45, 7) is 5.49. The molecule has 0 aromatic heterocycles. The Morgan fingerprint density at radius 2 is 1.67 bits per heavy atom. The maximum Gasteiger partial charge on any atom is 0.182 e. The Balaban J connectivity index is 2.23. The third-order valence-electron chi connectivity index (χ3n) is 3.88. The molecule has 4 nitrogen and oxygen atoms in total. The van der Waals surface area contributed by atoms with Crippen LogP contribution < -0.4 is 0 Å². The summed E-state index contributed by atoms with van der Waals surface area (Å²) in [4.78, 5) is 0.361. The van der Waals surface area contributed by atoms with Crippen molar-refractivity contribution < 1.29 is 13.2 Å². The number of rotatable bonds is 3. The molecule has 0 aliphatic heterocycles. The zero-order valence-corrected chi connectivity index (χ0v) is 13.7. The topological polar surface area (TPSA) is 60.2 Å². The molecule has 0 saturated heterocycles. The smallest absolute Gasteiger partial charge is 0.182 e. The first-order valence-corrected chi connectivity index (χ1v) is 8.91. The van der Waals surface area contributed by atoms with Crippen molar-refractivity contribution in [2.24, 2.45) is 0 Å². The summed E-state index contributed by atoms with van der Waals surface area (Å²) in [5.41, 5.74) is 0.208. The molecule has 0 spiro atoms. The van der Waals surface area contributed by atoms with Gasteiger partial charge in [-0.05, 0) is 37.1 Å². The Morgan fingerprint density at radius 1 is 1.14 bits per heavy atom. The van der Waals surface area contributed by atoms with Crippen LogP contribution in [0.4, 0.5) is 0 Å². The van der Waals surface area contributed by atoms with Crippen molar-refractivity contribution in [3.8, 4) is 0 Å². The van der Waals surface area contributed by atoms with Gasteiger partial charge >= 0.3 is 0 Å². The van der Waals surface area contributed by atoms with Crippen LogP contribution in [0.25, 0.3) is 0 Å². The van der Waals surface area contributed by atoms with E-state index in [0.29, 0.717) is 10.5 Å². The highest BCUT2D eigenvalue weighted by atomic mass is 32.2. The van der Waals surface area contributed by atoms with Gasteiger partial charge in [0, 0.05) is 26.3 Å². The molecule has 21 heavy (non-hydrogen) atoms. The zero-order chi connectivity index (χ0) is 15.7. The van der Waals surface area contributed by atoms with Crippen LogP contribution in [0.15, 0.2) is 29.2 Å². The molecule has 1 aliphatic carbocycles. The Hall–Kier alpha value is -1.36. The first kappa shape index (κ1) is 16.0. The number of nitrogens with zero attached hydrogens (tertiary/aromatic N) is 1. The molecule has 0 heterocycles. The van der Waals surface area contributed by atoms with E-state index in [1.807, 2.05) is 20.8 Å². The van der Waals surface area contributed by atoms with Crippen molar-refractivity contribution in [1.29, 1.82) is 0 Å². The second-order valence-electron chi connectivity index (χ2n) is 6.65. The van der Waals surface area contributed by atoms with E-state index in [2.05, 4.69) is 0 Å². The maximum absolute atomic E-state index is 12.4. The van der Waals surface area contributed by atoms with Crippen LogP contribution in [0.3, 0.4) is 0 Å². The number of benzene rings is 1. The Morgan fingerprint density at radius 3 is 2.14 bits per heavy atom. The molecule has 0 radical (unpaired) electrons. The molecular weight excluding hydrogens is 286 g/mol. The first-order chi connectivity index (χ1) is 9.71. The molecule has 0 amide bonds. The van der Waals surface area contributed by atoms with E-state index in [1.54, 1.807) is 24.3 Å². The largest absolute Gasteiger partial charge is 0.623 e. The lowest BCUT2D eigenvalue weighted by atomic mass is 10.1. The van der Waals surface area contributed by atoms with Gasteiger partial charge in [-0.15, -0.1) is 0 Å². The van der Waals surface area contributed by atoms with Crippen LogP contribution in [0.5, 0.6) is 0 Å². The minimum Gasteiger partial charge on any atom is -0.623 e. The monoisotopic (exact) mass is 309 g/mol. The van der Waals surface area contributed by atoms with Gasteiger partial charge in [-0.2, -0.15) is 0 Å².